The highest BCUT2D eigenvalue weighted by molar-refractivity contribution is 8.03. The molecule has 1 aliphatic rings. The molecular formula is C4H4FNS2. The molecule has 0 radical (unpaired) electrons. The van der Waals surface area contributed by atoms with E-state index >= 15 is 0 Å². The Bertz CT molecular complexity index is 132. The summed E-state index contributed by atoms with van der Waals surface area (Å²) in [7, 11) is 0. The summed E-state index contributed by atoms with van der Waals surface area (Å²) >= 11 is 1.59. The maximum Gasteiger partial charge on any atom is 0.112 e. The first-order chi connectivity index (χ1) is 3.93. The van der Waals surface area contributed by atoms with E-state index in [2.05, 4.69) is 4.72 Å². The molecule has 1 nitrogen and oxygen atoms in total. The average molecular weight is 149 g/mol. The minimum Gasteiger partial charge on any atom is -0.319 e. The summed E-state index contributed by atoms with van der Waals surface area (Å²) in [5.41, 5.74) is 0. The van der Waals surface area contributed by atoms with Crippen molar-refractivity contribution in [2.45, 2.75) is 0 Å². The second-order valence-electron chi connectivity index (χ2n) is 1.16. The summed E-state index contributed by atoms with van der Waals surface area (Å²) in [6.45, 7) is 0. The van der Waals surface area contributed by atoms with E-state index in [1.54, 1.807) is 12.2 Å². The Balaban J connectivity index is 2.50. The van der Waals surface area contributed by atoms with E-state index in [1.165, 1.54) is 11.9 Å². The highest BCUT2D eigenvalue weighted by atomic mass is 32.2. The van der Waals surface area contributed by atoms with Crippen LogP contribution in [0.4, 0.5) is 3.89 Å². The summed E-state index contributed by atoms with van der Waals surface area (Å²) in [6, 6.07) is 0. The standard InChI is InChI=1S/C4H4FNS2/c5-8-4-2-1-3-7-6-4/h1-3,6H. The number of allylic oxidation sites excluding steroid dienone is 2. The van der Waals surface area contributed by atoms with Gasteiger partial charge < -0.3 is 4.72 Å². The summed E-state index contributed by atoms with van der Waals surface area (Å²) in [4.78, 5) is 0. The van der Waals surface area contributed by atoms with Gasteiger partial charge in [-0.15, -0.1) is 0 Å². The van der Waals surface area contributed by atoms with Gasteiger partial charge in [-0.25, -0.2) is 0 Å². The normalized spacial score (nSPS) is 17.4. The first-order valence-corrected chi connectivity index (χ1v) is 3.60. The van der Waals surface area contributed by atoms with Gasteiger partial charge in [0.2, 0.25) is 0 Å². The fraction of sp³-hybridized carbons (Fsp3) is 0. The van der Waals surface area contributed by atoms with Gasteiger partial charge in [-0.05, 0) is 23.4 Å². The third-order valence-electron chi connectivity index (χ3n) is 0.637. The average Bonchev–Trinajstić information content (AvgIpc) is 1.90. The number of hydrogen-bond acceptors (Lipinski definition) is 3. The predicted octanol–water partition coefficient (Wildman–Crippen LogP) is 2.21. The molecule has 0 saturated heterocycles. The molecule has 1 aliphatic heterocycles. The molecule has 0 amide bonds. The van der Waals surface area contributed by atoms with Gasteiger partial charge >= 0.3 is 0 Å². The van der Waals surface area contributed by atoms with Crippen LogP contribution < -0.4 is 4.72 Å². The van der Waals surface area contributed by atoms with Crippen molar-refractivity contribution in [3.63, 3.8) is 0 Å². The quantitative estimate of drug-likeness (QED) is 0.574. The van der Waals surface area contributed by atoms with Gasteiger partial charge in [-0.2, -0.15) is 3.89 Å². The lowest BCUT2D eigenvalue weighted by molar-refractivity contribution is 0.940. The number of hydrogen-bond donors (Lipinski definition) is 1. The first kappa shape index (κ1) is 6.04. The fourth-order valence-electron chi connectivity index (χ4n) is 0.334. The van der Waals surface area contributed by atoms with Crippen molar-refractivity contribution in [2.75, 3.05) is 0 Å². The van der Waals surface area contributed by atoms with Crippen molar-refractivity contribution >= 4 is 24.1 Å². The van der Waals surface area contributed by atoms with Crippen molar-refractivity contribution in [2.24, 2.45) is 0 Å². The van der Waals surface area contributed by atoms with Crippen LogP contribution in [-0.4, -0.2) is 0 Å². The molecule has 0 bridgehead atoms. The molecule has 44 valence electrons. The van der Waals surface area contributed by atoms with Gasteiger partial charge in [0.15, 0.2) is 0 Å². The maximum atomic E-state index is 11.6. The maximum absolute atomic E-state index is 11.6. The van der Waals surface area contributed by atoms with Gasteiger partial charge in [0.05, 0.1) is 12.1 Å². The van der Waals surface area contributed by atoms with Crippen LogP contribution in [0.2, 0.25) is 0 Å². The summed E-state index contributed by atoms with van der Waals surface area (Å²) in [5.74, 6) is 0. The largest absolute Gasteiger partial charge is 0.319 e. The van der Waals surface area contributed by atoms with E-state index in [9.17, 15) is 3.89 Å². The lowest BCUT2D eigenvalue weighted by Gasteiger charge is -2.03. The van der Waals surface area contributed by atoms with Crippen molar-refractivity contribution < 1.29 is 3.89 Å². The molecule has 4 heteroatoms. The van der Waals surface area contributed by atoms with E-state index in [4.69, 9.17) is 0 Å². The van der Waals surface area contributed by atoms with Crippen molar-refractivity contribution in [3.8, 4) is 0 Å². The zero-order chi connectivity index (χ0) is 5.82. The van der Waals surface area contributed by atoms with Crippen LogP contribution in [0.25, 0.3) is 0 Å². The van der Waals surface area contributed by atoms with E-state index in [0.29, 0.717) is 5.03 Å². The summed E-state index contributed by atoms with van der Waals surface area (Å²) in [6.07, 6.45) is 3.48. The Labute approximate surface area is 55.8 Å². The lowest BCUT2D eigenvalue weighted by atomic mass is 10.6. The zero-order valence-corrected chi connectivity index (χ0v) is 5.56. The molecule has 0 aromatic heterocycles. The Morgan fingerprint density at radius 1 is 1.75 bits per heavy atom. The molecular weight excluding hydrogens is 145 g/mol. The Kier molecular flexibility index (Phi) is 2.29. The number of rotatable bonds is 1. The SMILES string of the molecule is FSC1=CC=CSN1. The first-order valence-electron chi connectivity index (χ1n) is 2.00. The zero-order valence-electron chi connectivity index (χ0n) is 3.93. The minimum atomic E-state index is 0.224. The van der Waals surface area contributed by atoms with Crippen LogP contribution in [0.1, 0.15) is 0 Å². The Morgan fingerprint density at radius 3 is 3.00 bits per heavy atom. The molecule has 0 aromatic rings. The molecule has 0 saturated carbocycles. The fourth-order valence-corrected chi connectivity index (χ4v) is 1.14. The van der Waals surface area contributed by atoms with Gasteiger partial charge in [0.25, 0.3) is 0 Å². The molecule has 0 unspecified atom stereocenters. The van der Waals surface area contributed by atoms with Gasteiger partial charge in [-0.1, -0.05) is 6.08 Å². The van der Waals surface area contributed by atoms with Crippen LogP contribution in [0.15, 0.2) is 22.6 Å². The second kappa shape index (κ2) is 3.04. The van der Waals surface area contributed by atoms with Gasteiger partial charge in [0.1, 0.15) is 5.03 Å². The third-order valence-corrected chi connectivity index (χ3v) is 1.80. The predicted molar refractivity (Wildman–Crippen MR) is 36.6 cm³/mol. The lowest BCUT2D eigenvalue weighted by Crippen LogP contribution is -1.98. The molecule has 0 fully saturated rings. The van der Waals surface area contributed by atoms with Gasteiger partial charge in [-0.3, -0.25) is 0 Å². The second-order valence-corrected chi connectivity index (χ2v) is 2.46. The summed E-state index contributed by atoms with van der Waals surface area (Å²) in [5, 5.41) is 2.40. The molecule has 0 atom stereocenters. The molecule has 8 heavy (non-hydrogen) atoms. The highest BCUT2D eigenvalue weighted by Crippen LogP contribution is 2.19. The molecule has 0 spiro atoms. The monoisotopic (exact) mass is 149 g/mol. The van der Waals surface area contributed by atoms with Crippen LogP contribution >= 0.6 is 24.1 Å². The van der Waals surface area contributed by atoms with Crippen molar-refractivity contribution in [1.29, 1.82) is 0 Å². The van der Waals surface area contributed by atoms with Gasteiger partial charge in [0, 0.05) is 0 Å². The summed E-state index contributed by atoms with van der Waals surface area (Å²) < 4.78 is 14.4. The van der Waals surface area contributed by atoms with E-state index in [1.807, 2.05) is 5.41 Å². The number of halogens is 1. The van der Waals surface area contributed by atoms with Crippen LogP contribution in [0.3, 0.4) is 0 Å². The molecule has 1 N–H and O–H groups in total. The van der Waals surface area contributed by atoms with E-state index in [-0.39, 0.29) is 12.1 Å². The minimum absolute atomic E-state index is 0.224. The van der Waals surface area contributed by atoms with Crippen molar-refractivity contribution in [1.82, 2.24) is 4.72 Å². The third kappa shape index (κ3) is 1.45. The van der Waals surface area contributed by atoms with Crippen LogP contribution in [0, 0.1) is 0 Å². The van der Waals surface area contributed by atoms with Crippen LogP contribution in [-0.2, 0) is 0 Å². The molecule has 0 aliphatic carbocycles. The van der Waals surface area contributed by atoms with Crippen LogP contribution in [0.5, 0.6) is 0 Å². The van der Waals surface area contributed by atoms with Crippen molar-refractivity contribution in [3.05, 3.63) is 22.6 Å². The highest BCUT2D eigenvalue weighted by Gasteiger charge is 1.96. The van der Waals surface area contributed by atoms with E-state index in [0.717, 1.165) is 0 Å². The molecule has 1 rings (SSSR count). The Hall–Kier alpha value is -0.0900. The molecule has 0 aromatic carbocycles. The molecule has 1 heterocycles. The van der Waals surface area contributed by atoms with E-state index < -0.39 is 0 Å². The smallest absolute Gasteiger partial charge is 0.112 e. The Morgan fingerprint density at radius 2 is 2.62 bits per heavy atom. The number of nitrogens with one attached hydrogen (secondary N) is 1. The topological polar surface area (TPSA) is 12.0 Å².